The van der Waals surface area contributed by atoms with Gasteiger partial charge in [0.25, 0.3) is 0 Å². The zero-order valence-corrected chi connectivity index (χ0v) is 13.9. The van der Waals surface area contributed by atoms with Crippen LogP contribution in [0.1, 0.15) is 11.5 Å². The fraction of sp³-hybridized carbons (Fsp3) is 0.143. The van der Waals surface area contributed by atoms with E-state index < -0.39 is 0 Å². The van der Waals surface area contributed by atoms with Crippen molar-refractivity contribution in [2.24, 2.45) is 5.10 Å². The number of nitrogens with one attached hydrogen (secondary N) is 2. The molecule has 0 aliphatic carbocycles. The number of hydrazone groups is 1. The van der Waals surface area contributed by atoms with Crippen molar-refractivity contribution in [1.29, 1.82) is 0 Å². The highest BCUT2D eigenvalue weighted by Gasteiger charge is 2.04. The van der Waals surface area contributed by atoms with E-state index >= 15 is 0 Å². The Labute approximate surface area is 143 Å². The van der Waals surface area contributed by atoms with Crippen LogP contribution >= 0.6 is 35.4 Å². The number of hydrogen-bond donors (Lipinski definition) is 2. The van der Waals surface area contributed by atoms with Crippen LogP contribution in [-0.2, 0) is 6.61 Å². The van der Waals surface area contributed by atoms with E-state index in [1.165, 1.54) is 6.21 Å². The SMILES string of the molecule is CNC(=S)NN=Cc1ccc(COc2ccc(Cl)c(Cl)c2)o1. The first-order valence-corrected chi connectivity index (χ1v) is 7.42. The molecule has 1 aromatic carbocycles. The van der Waals surface area contributed by atoms with Crippen LogP contribution < -0.4 is 15.5 Å². The second-order valence-corrected chi connectivity index (χ2v) is 5.34. The van der Waals surface area contributed by atoms with Crippen LogP contribution in [0.2, 0.25) is 10.0 Å². The third-order valence-electron chi connectivity index (χ3n) is 2.54. The summed E-state index contributed by atoms with van der Waals surface area (Å²) in [6.45, 7) is 0.272. The number of rotatable bonds is 5. The average Bonchev–Trinajstić information content (AvgIpc) is 2.96. The smallest absolute Gasteiger partial charge is 0.186 e. The van der Waals surface area contributed by atoms with Crippen LogP contribution in [0.3, 0.4) is 0 Å². The first kappa shape index (κ1) is 16.6. The molecule has 5 nitrogen and oxygen atoms in total. The molecule has 2 N–H and O–H groups in total. The standard InChI is InChI=1S/C14H13Cl2N3O2S/c1-17-14(22)19-18-7-10-2-3-11(21-10)8-20-9-4-5-12(15)13(16)6-9/h2-7H,8H2,1H3,(H2,17,19,22). The minimum absolute atomic E-state index is 0.272. The number of halogens is 2. The lowest BCUT2D eigenvalue weighted by Gasteiger charge is -2.05. The predicted octanol–water partition coefficient (Wildman–Crippen LogP) is 3.59. The highest BCUT2D eigenvalue weighted by Crippen LogP contribution is 2.26. The van der Waals surface area contributed by atoms with Gasteiger partial charge >= 0.3 is 0 Å². The van der Waals surface area contributed by atoms with Crippen molar-refractivity contribution in [3.8, 4) is 5.75 Å². The summed E-state index contributed by atoms with van der Waals surface area (Å²) in [5.41, 5.74) is 2.63. The molecule has 0 unspecified atom stereocenters. The number of hydrogen-bond acceptors (Lipinski definition) is 4. The van der Waals surface area contributed by atoms with Crippen LogP contribution in [-0.4, -0.2) is 18.4 Å². The Morgan fingerprint density at radius 1 is 1.32 bits per heavy atom. The van der Waals surface area contributed by atoms with Crippen molar-refractivity contribution in [2.75, 3.05) is 7.05 Å². The molecule has 8 heteroatoms. The van der Waals surface area contributed by atoms with E-state index in [1.54, 1.807) is 37.4 Å². The lowest BCUT2D eigenvalue weighted by molar-refractivity contribution is 0.270. The van der Waals surface area contributed by atoms with Gasteiger partial charge in [-0.2, -0.15) is 5.10 Å². The highest BCUT2D eigenvalue weighted by molar-refractivity contribution is 7.80. The third kappa shape index (κ3) is 4.91. The summed E-state index contributed by atoms with van der Waals surface area (Å²) < 4.78 is 11.1. The van der Waals surface area contributed by atoms with Crippen LogP contribution in [0, 0.1) is 0 Å². The molecule has 0 radical (unpaired) electrons. The Morgan fingerprint density at radius 2 is 2.14 bits per heavy atom. The number of ether oxygens (including phenoxy) is 1. The summed E-state index contributed by atoms with van der Waals surface area (Å²) in [4.78, 5) is 0. The summed E-state index contributed by atoms with van der Waals surface area (Å²) in [5.74, 6) is 1.85. The van der Waals surface area contributed by atoms with Gasteiger partial charge in [0.2, 0.25) is 0 Å². The summed E-state index contributed by atoms with van der Waals surface area (Å²) >= 11 is 16.6. The molecule has 0 bridgehead atoms. The predicted molar refractivity (Wildman–Crippen MR) is 91.9 cm³/mol. The summed E-state index contributed by atoms with van der Waals surface area (Å²) in [7, 11) is 1.70. The van der Waals surface area contributed by atoms with Gasteiger partial charge in [0.15, 0.2) is 5.11 Å². The molecule has 2 aromatic rings. The van der Waals surface area contributed by atoms with Crippen molar-refractivity contribution in [2.45, 2.75) is 6.61 Å². The molecule has 1 aromatic heterocycles. The van der Waals surface area contributed by atoms with Gasteiger partial charge in [0.05, 0.1) is 16.3 Å². The van der Waals surface area contributed by atoms with Crippen LogP contribution in [0.25, 0.3) is 0 Å². The van der Waals surface area contributed by atoms with Gasteiger partial charge in [0, 0.05) is 13.1 Å². The molecule has 1 heterocycles. The van der Waals surface area contributed by atoms with E-state index in [2.05, 4.69) is 15.8 Å². The minimum atomic E-state index is 0.272. The molecule has 0 spiro atoms. The Morgan fingerprint density at radius 3 is 2.86 bits per heavy atom. The highest BCUT2D eigenvalue weighted by atomic mass is 35.5. The quantitative estimate of drug-likeness (QED) is 0.486. The molecule has 0 aliphatic rings. The average molecular weight is 358 g/mol. The van der Waals surface area contributed by atoms with E-state index in [0.717, 1.165) is 0 Å². The van der Waals surface area contributed by atoms with Crippen LogP contribution in [0.15, 0.2) is 39.9 Å². The van der Waals surface area contributed by atoms with Crippen molar-refractivity contribution >= 4 is 46.7 Å². The maximum absolute atomic E-state index is 5.92. The number of furan rings is 1. The second kappa shape index (κ2) is 8.03. The largest absolute Gasteiger partial charge is 0.486 e. The van der Waals surface area contributed by atoms with Gasteiger partial charge in [-0.05, 0) is 36.5 Å². The van der Waals surface area contributed by atoms with Gasteiger partial charge in [-0.25, -0.2) is 0 Å². The molecule has 0 atom stereocenters. The molecule has 0 amide bonds. The fourth-order valence-corrected chi connectivity index (χ4v) is 1.81. The first-order valence-electron chi connectivity index (χ1n) is 6.26. The van der Waals surface area contributed by atoms with Crippen LogP contribution in [0.4, 0.5) is 0 Å². The molecule has 0 saturated heterocycles. The van der Waals surface area contributed by atoms with Gasteiger partial charge in [0.1, 0.15) is 23.9 Å². The Balaban J connectivity index is 1.89. The summed E-state index contributed by atoms with van der Waals surface area (Å²) in [5, 5.41) is 8.01. The van der Waals surface area contributed by atoms with Crippen molar-refractivity contribution in [3.05, 3.63) is 51.9 Å². The summed E-state index contributed by atoms with van der Waals surface area (Å²) in [6, 6.07) is 8.64. The Kier molecular flexibility index (Phi) is 6.06. The Bertz CT molecular complexity index is 688. The van der Waals surface area contributed by atoms with Crippen molar-refractivity contribution in [1.82, 2.24) is 10.7 Å². The topological polar surface area (TPSA) is 58.8 Å². The van der Waals surface area contributed by atoms with E-state index in [1.807, 2.05) is 0 Å². The maximum atomic E-state index is 5.92. The van der Waals surface area contributed by atoms with E-state index in [9.17, 15) is 0 Å². The van der Waals surface area contributed by atoms with E-state index in [0.29, 0.717) is 32.4 Å². The number of thiocarbonyl (C=S) groups is 1. The third-order valence-corrected chi connectivity index (χ3v) is 3.57. The number of benzene rings is 1. The molecule has 116 valence electrons. The molecule has 22 heavy (non-hydrogen) atoms. The fourth-order valence-electron chi connectivity index (χ4n) is 1.47. The van der Waals surface area contributed by atoms with E-state index in [4.69, 9.17) is 44.6 Å². The van der Waals surface area contributed by atoms with Gasteiger partial charge in [-0.15, -0.1) is 0 Å². The van der Waals surface area contributed by atoms with Crippen LogP contribution in [0.5, 0.6) is 5.75 Å². The number of nitrogens with zero attached hydrogens (tertiary/aromatic N) is 1. The summed E-state index contributed by atoms with van der Waals surface area (Å²) in [6.07, 6.45) is 1.52. The van der Waals surface area contributed by atoms with E-state index in [-0.39, 0.29) is 6.61 Å². The molecular weight excluding hydrogens is 345 g/mol. The van der Waals surface area contributed by atoms with Crippen molar-refractivity contribution in [3.63, 3.8) is 0 Å². The van der Waals surface area contributed by atoms with Gasteiger partial charge < -0.3 is 14.5 Å². The monoisotopic (exact) mass is 357 g/mol. The molecule has 0 fully saturated rings. The lowest BCUT2D eigenvalue weighted by Crippen LogP contribution is -2.28. The normalized spacial score (nSPS) is 10.7. The molecular formula is C14H13Cl2N3O2S. The van der Waals surface area contributed by atoms with Crippen molar-refractivity contribution < 1.29 is 9.15 Å². The van der Waals surface area contributed by atoms with Gasteiger partial charge in [-0.3, -0.25) is 5.43 Å². The molecule has 0 saturated carbocycles. The zero-order chi connectivity index (χ0) is 15.9. The first-order chi connectivity index (χ1) is 10.6. The lowest BCUT2D eigenvalue weighted by atomic mass is 10.3. The Hall–Kier alpha value is -1.76. The second-order valence-electron chi connectivity index (χ2n) is 4.12. The molecule has 2 rings (SSSR count). The maximum Gasteiger partial charge on any atom is 0.186 e. The minimum Gasteiger partial charge on any atom is -0.486 e. The van der Waals surface area contributed by atoms with Gasteiger partial charge in [-0.1, -0.05) is 23.2 Å². The molecule has 0 aliphatic heterocycles. The zero-order valence-electron chi connectivity index (χ0n) is 11.6.